The molecule has 2 aliphatic rings. The van der Waals surface area contributed by atoms with Crippen molar-refractivity contribution in [3.8, 4) is 0 Å². The summed E-state index contributed by atoms with van der Waals surface area (Å²) in [5.74, 6) is -0.463. The molecule has 4 heterocycles. The van der Waals surface area contributed by atoms with E-state index in [0.717, 1.165) is 17.1 Å². The number of halogens is 1. The Labute approximate surface area is 304 Å². The van der Waals surface area contributed by atoms with Gasteiger partial charge in [0, 0.05) is 44.9 Å². The third kappa shape index (κ3) is 8.65. The number of aromatic nitrogens is 4. The summed E-state index contributed by atoms with van der Waals surface area (Å²) in [7, 11) is -1.37. The second-order valence-electron chi connectivity index (χ2n) is 15.8. The zero-order valence-corrected chi connectivity index (χ0v) is 32.0. The maximum absolute atomic E-state index is 14.3. The van der Waals surface area contributed by atoms with E-state index in [-0.39, 0.29) is 30.9 Å². The molecule has 0 bridgehead atoms. The van der Waals surface area contributed by atoms with Gasteiger partial charge in [-0.2, -0.15) is 0 Å². The van der Waals surface area contributed by atoms with Crippen LogP contribution in [0.25, 0.3) is 5.52 Å². The summed E-state index contributed by atoms with van der Waals surface area (Å²) < 4.78 is 15.3. The molecule has 0 unspecified atom stereocenters. The fourth-order valence-corrected chi connectivity index (χ4v) is 7.58. The van der Waals surface area contributed by atoms with E-state index in [0.29, 0.717) is 48.7 Å². The molecule has 3 amide bonds. The summed E-state index contributed by atoms with van der Waals surface area (Å²) in [5.41, 5.74) is 1.55. The molecular formula is C37H48ClN7O5Si. The number of ether oxygens (including phenoxy) is 2. The van der Waals surface area contributed by atoms with Gasteiger partial charge in [-0.15, -0.1) is 0 Å². The highest BCUT2D eigenvalue weighted by molar-refractivity contribution is 6.76. The van der Waals surface area contributed by atoms with Gasteiger partial charge in [-0.25, -0.2) is 14.8 Å². The van der Waals surface area contributed by atoms with Gasteiger partial charge < -0.3 is 29.4 Å². The van der Waals surface area contributed by atoms with Crippen LogP contribution in [0, 0.1) is 0 Å². The van der Waals surface area contributed by atoms with E-state index < -0.39 is 37.3 Å². The number of hydrogen-bond acceptors (Lipinski definition) is 7. The summed E-state index contributed by atoms with van der Waals surface area (Å²) in [6.45, 7) is 13.7. The zero-order chi connectivity index (χ0) is 36.6. The average Bonchev–Trinajstić information content (AvgIpc) is 3.44. The molecule has 272 valence electrons. The van der Waals surface area contributed by atoms with Crippen LogP contribution in [0.15, 0.2) is 61.3 Å². The number of likely N-dealkylation sites (tertiary alicyclic amines) is 1. The minimum absolute atomic E-state index is 0.0999. The molecule has 2 N–H and O–H groups in total. The van der Waals surface area contributed by atoms with Crippen molar-refractivity contribution in [1.29, 1.82) is 0 Å². The maximum Gasteiger partial charge on any atom is 0.408 e. The molecule has 1 aromatic carbocycles. The quantitative estimate of drug-likeness (QED) is 0.134. The summed E-state index contributed by atoms with van der Waals surface area (Å²) in [5, 5.41) is 6.89. The highest BCUT2D eigenvalue weighted by atomic mass is 35.5. The van der Waals surface area contributed by atoms with Crippen molar-refractivity contribution in [3.05, 3.63) is 89.0 Å². The Morgan fingerprint density at radius 2 is 1.88 bits per heavy atom. The number of carbonyl (C=O) groups excluding carboxylic acids is 3. The zero-order valence-electron chi connectivity index (χ0n) is 30.2. The Morgan fingerprint density at radius 1 is 1.10 bits per heavy atom. The fourth-order valence-electron chi connectivity index (χ4n) is 6.63. The highest BCUT2D eigenvalue weighted by Crippen LogP contribution is 2.46. The predicted molar refractivity (Wildman–Crippen MR) is 198 cm³/mol. The second kappa shape index (κ2) is 14.4. The molecule has 1 saturated carbocycles. The highest BCUT2D eigenvalue weighted by Gasteiger charge is 2.50. The number of carbonyl (C=O) groups is 3. The smallest absolute Gasteiger partial charge is 0.408 e. The molecule has 0 radical (unpaired) electrons. The maximum atomic E-state index is 14.3. The molecule has 0 spiro atoms. The Bertz CT molecular complexity index is 1910. The van der Waals surface area contributed by atoms with Crippen molar-refractivity contribution >= 4 is 43.1 Å². The Balaban J connectivity index is 1.28. The van der Waals surface area contributed by atoms with Crippen molar-refractivity contribution in [2.24, 2.45) is 0 Å². The van der Waals surface area contributed by atoms with Gasteiger partial charge in [-0.05, 0) is 75.9 Å². The van der Waals surface area contributed by atoms with Crippen LogP contribution in [0.5, 0.6) is 0 Å². The standard InChI is InChI=1S/C37H48ClN7O5Si/c1-36(2,3)50-35(48)42-37(13-14-37)31-21-40-32(45(31)24-49-17-18-51(4,5)6)33(46)41-29-22-43(16-12-27(29)25-9-7-10-26(38)19-25)34(47)28-11-8-15-44-23-39-20-30(28)44/h7-11,15,19-21,23,27,29H,12-14,16-18,22,24H2,1-6H3,(H,41,46)(H,42,48)/t27-,29+/m0/s1. The fraction of sp³-hybridized carbons (Fsp3) is 0.486. The molecule has 1 saturated heterocycles. The van der Waals surface area contributed by atoms with Crippen LogP contribution < -0.4 is 10.6 Å². The second-order valence-corrected chi connectivity index (χ2v) is 21.9. The van der Waals surface area contributed by atoms with Gasteiger partial charge in [0.15, 0.2) is 0 Å². The molecule has 51 heavy (non-hydrogen) atoms. The Hall–Kier alpha value is -4.20. The molecule has 2 fully saturated rings. The molecular weight excluding hydrogens is 686 g/mol. The number of rotatable bonds is 11. The molecule has 2 atom stereocenters. The molecule has 6 rings (SSSR count). The van der Waals surface area contributed by atoms with Crippen molar-refractivity contribution in [3.63, 3.8) is 0 Å². The summed E-state index contributed by atoms with van der Waals surface area (Å²) in [4.78, 5) is 51.8. The minimum Gasteiger partial charge on any atom is -0.444 e. The number of amides is 3. The SMILES string of the molecule is CC(C)(C)OC(=O)NC1(c2cnc(C(=O)N[C@@H]3CN(C(=O)c4cccn5cncc45)CC[C@H]3c3cccc(Cl)c3)n2COCC[Si](C)(C)C)CC1. The predicted octanol–water partition coefficient (Wildman–Crippen LogP) is 6.44. The monoisotopic (exact) mass is 733 g/mol. The third-order valence-corrected chi connectivity index (χ3v) is 11.4. The Kier molecular flexibility index (Phi) is 10.4. The summed E-state index contributed by atoms with van der Waals surface area (Å²) >= 11 is 6.43. The van der Waals surface area contributed by atoms with Crippen LogP contribution in [0.2, 0.25) is 30.7 Å². The summed E-state index contributed by atoms with van der Waals surface area (Å²) in [6, 6.07) is 11.8. The number of alkyl carbamates (subject to hydrolysis) is 1. The van der Waals surface area contributed by atoms with Crippen molar-refractivity contribution in [2.75, 3.05) is 19.7 Å². The van der Waals surface area contributed by atoms with Crippen molar-refractivity contribution in [2.45, 2.75) is 95.5 Å². The third-order valence-electron chi connectivity index (χ3n) is 9.43. The topological polar surface area (TPSA) is 132 Å². The van der Waals surface area contributed by atoms with E-state index in [2.05, 4.69) is 40.2 Å². The summed E-state index contributed by atoms with van der Waals surface area (Å²) in [6.07, 6.45) is 8.29. The number of imidazole rings is 2. The van der Waals surface area contributed by atoms with Gasteiger partial charge in [-0.1, -0.05) is 43.4 Å². The van der Waals surface area contributed by atoms with E-state index in [9.17, 15) is 14.4 Å². The first kappa shape index (κ1) is 36.6. The van der Waals surface area contributed by atoms with Crippen molar-refractivity contribution < 1.29 is 23.9 Å². The van der Waals surface area contributed by atoms with E-state index >= 15 is 0 Å². The first-order chi connectivity index (χ1) is 24.1. The number of pyridine rings is 1. The van der Waals surface area contributed by atoms with Gasteiger partial charge in [0.25, 0.3) is 11.8 Å². The lowest BCUT2D eigenvalue weighted by Crippen LogP contribution is -2.53. The average molecular weight is 734 g/mol. The lowest BCUT2D eigenvalue weighted by Gasteiger charge is -2.39. The molecule has 4 aromatic rings. The van der Waals surface area contributed by atoms with E-state index in [1.807, 2.05) is 61.7 Å². The minimum atomic E-state index is -1.37. The first-order valence-corrected chi connectivity index (χ1v) is 21.6. The van der Waals surface area contributed by atoms with Crippen LogP contribution in [-0.4, -0.2) is 81.2 Å². The van der Waals surface area contributed by atoms with E-state index in [1.165, 1.54) is 0 Å². The van der Waals surface area contributed by atoms with Gasteiger partial charge in [0.2, 0.25) is 5.82 Å². The van der Waals surface area contributed by atoms with Gasteiger partial charge in [0.1, 0.15) is 12.3 Å². The number of fused-ring (bicyclic) bond motifs is 1. The van der Waals surface area contributed by atoms with Crippen LogP contribution in [0.1, 0.15) is 78.2 Å². The van der Waals surface area contributed by atoms with Crippen molar-refractivity contribution in [1.82, 2.24) is 34.5 Å². The lowest BCUT2D eigenvalue weighted by molar-refractivity contribution is 0.0481. The normalized spacial score (nSPS) is 18.8. The van der Waals surface area contributed by atoms with E-state index in [1.54, 1.807) is 34.3 Å². The van der Waals surface area contributed by atoms with Crippen LogP contribution >= 0.6 is 11.6 Å². The largest absolute Gasteiger partial charge is 0.444 e. The van der Waals surface area contributed by atoms with Gasteiger partial charge >= 0.3 is 6.09 Å². The Morgan fingerprint density at radius 3 is 2.59 bits per heavy atom. The lowest BCUT2D eigenvalue weighted by atomic mass is 9.85. The molecule has 14 heteroatoms. The number of hydrogen-bond donors (Lipinski definition) is 2. The molecule has 1 aliphatic carbocycles. The van der Waals surface area contributed by atoms with Crippen LogP contribution in [0.3, 0.4) is 0 Å². The number of nitrogens with zero attached hydrogens (tertiary/aromatic N) is 5. The number of nitrogens with one attached hydrogen (secondary N) is 2. The van der Waals surface area contributed by atoms with Gasteiger partial charge in [0.05, 0.1) is 47.1 Å². The van der Waals surface area contributed by atoms with Gasteiger partial charge in [-0.3, -0.25) is 14.2 Å². The van der Waals surface area contributed by atoms with Crippen LogP contribution in [0.4, 0.5) is 4.79 Å². The van der Waals surface area contributed by atoms with E-state index in [4.69, 9.17) is 21.1 Å². The first-order valence-electron chi connectivity index (χ1n) is 17.5. The van der Waals surface area contributed by atoms with Crippen LogP contribution in [-0.2, 0) is 21.7 Å². The number of piperidine rings is 1. The molecule has 3 aromatic heterocycles. The molecule has 12 nitrogen and oxygen atoms in total. The number of benzene rings is 1. The molecule has 1 aliphatic heterocycles.